The van der Waals surface area contributed by atoms with E-state index in [2.05, 4.69) is 47.8 Å². The van der Waals surface area contributed by atoms with Gasteiger partial charge in [-0.1, -0.05) is 50.2 Å². The molecule has 1 aromatic rings. The third kappa shape index (κ3) is 8.17. The van der Waals surface area contributed by atoms with Gasteiger partial charge in [0.1, 0.15) is 0 Å². The topological polar surface area (TPSA) is 6.48 Å². The Morgan fingerprint density at radius 3 is 2.11 bits per heavy atom. The molecule has 0 radical (unpaired) electrons. The Kier molecular flexibility index (Phi) is 11.0. The molecule has 1 aromatic carbocycles. The van der Waals surface area contributed by atoms with Crippen LogP contribution in [0.2, 0.25) is 0 Å². The van der Waals surface area contributed by atoms with Gasteiger partial charge in [-0.25, -0.2) is 0 Å². The van der Waals surface area contributed by atoms with Crippen molar-refractivity contribution in [2.45, 2.75) is 57.3 Å². The highest BCUT2D eigenvalue weighted by Crippen LogP contribution is 2.35. The molecule has 5 rings (SSSR count). The lowest BCUT2D eigenvalue weighted by Gasteiger charge is -2.27. The van der Waals surface area contributed by atoms with Gasteiger partial charge in [-0.05, 0) is 88.8 Å². The van der Waals surface area contributed by atoms with Crippen LogP contribution in [0, 0.1) is 11.8 Å². The van der Waals surface area contributed by atoms with E-state index in [-0.39, 0.29) is 0 Å². The Labute approximate surface area is 178 Å². The van der Waals surface area contributed by atoms with Crippen molar-refractivity contribution >= 4 is 17.8 Å². The van der Waals surface area contributed by atoms with E-state index in [9.17, 15) is 0 Å². The van der Waals surface area contributed by atoms with Gasteiger partial charge in [-0.15, -0.1) is 5.73 Å². The molecule has 1 aliphatic carbocycles. The molecule has 1 saturated carbocycles. The second kappa shape index (κ2) is 13.3. The van der Waals surface area contributed by atoms with E-state index in [1.165, 1.54) is 75.2 Å². The molecule has 0 N–H and O–H groups in total. The summed E-state index contributed by atoms with van der Waals surface area (Å²) in [7, 11) is 4.45. The smallest absolute Gasteiger partial charge is 0.0201 e. The minimum atomic E-state index is 1.06. The summed E-state index contributed by atoms with van der Waals surface area (Å²) < 4.78 is 0. The summed E-state index contributed by atoms with van der Waals surface area (Å²) in [4.78, 5) is 6.20. The predicted molar refractivity (Wildman–Crippen MR) is 126 cm³/mol. The van der Waals surface area contributed by atoms with Gasteiger partial charge in [0.15, 0.2) is 0 Å². The highest BCUT2D eigenvalue weighted by Gasteiger charge is 2.30. The molecule has 3 heterocycles. The number of benzene rings is 1. The van der Waals surface area contributed by atoms with E-state index in [1.807, 2.05) is 31.4 Å². The minimum absolute atomic E-state index is 1.06. The van der Waals surface area contributed by atoms with E-state index in [0.717, 1.165) is 11.8 Å². The molecule has 2 bridgehead atoms. The summed E-state index contributed by atoms with van der Waals surface area (Å²) in [5.74, 6) is 2.13. The Hall–Kier alpha value is -0.990. The number of piperidine rings is 2. The Morgan fingerprint density at radius 2 is 1.54 bits per heavy atom. The summed E-state index contributed by atoms with van der Waals surface area (Å²) in [6, 6.07) is 8.32. The SMILES string of the molecule is C1=CSc2ccccc2C=1.CC.CN1CC2CCC(C2)C1.CN1CCCCC1. The van der Waals surface area contributed by atoms with Crippen molar-refractivity contribution in [3.63, 3.8) is 0 Å². The molecule has 2 saturated heterocycles. The lowest BCUT2D eigenvalue weighted by atomic mass is 10.00. The van der Waals surface area contributed by atoms with Crippen LogP contribution in [0.5, 0.6) is 0 Å². The number of hydrogen-bond donors (Lipinski definition) is 0. The highest BCUT2D eigenvalue weighted by molar-refractivity contribution is 8.02. The van der Waals surface area contributed by atoms with Crippen LogP contribution in [-0.2, 0) is 0 Å². The van der Waals surface area contributed by atoms with Gasteiger partial charge in [0, 0.05) is 23.4 Å². The van der Waals surface area contributed by atoms with E-state index in [0.29, 0.717) is 0 Å². The van der Waals surface area contributed by atoms with Crippen LogP contribution >= 0.6 is 11.8 Å². The summed E-state index contributed by atoms with van der Waals surface area (Å²) in [5.41, 5.74) is 4.33. The zero-order valence-electron chi connectivity index (χ0n) is 18.5. The third-order valence-electron chi connectivity index (χ3n) is 5.78. The summed E-state index contributed by atoms with van der Waals surface area (Å²) in [5, 5.41) is 1.97. The van der Waals surface area contributed by atoms with Crippen LogP contribution < -0.4 is 0 Å². The molecule has 0 aromatic heterocycles. The van der Waals surface area contributed by atoms with Gasteiger partial charge in [0.2, 0.25) is 0 Å². The molecule has 156 valence electrons. The van der Waals surface area contributed by atoms with Crippen LogP contribution in [0.4, 0.5) is 0 Å². The number of rotatable bonds is 0. The molecular weight excluding hydrogens is 360 g/mol. The average molecular weight is 401 g/mol. The van der Waals surface area contributed by atoms with Gasteiger partial charge in [0.05, 0.1) is 0 Å². The van der Waals surface area contributed by atoms with E-state index >= 15 is 0 Å². The van der Waals surface area contributed by atoms with Crippen LogP contribution in [0.1, 0.15) is 57.9 Å². The number of thioether (sulfide) groups is 1. The molecule has 3 fully saturated rings. The van der Waals surface area contributed by atoms with Crippen molar-refractivity contribution in [1.82, 2.24) is 9.80 Å². The van der Waals surface area contributed by atoms with E-state index in [1.54, 1.807) is 11.8 Å². The molecule has 0 spiro atoms. The molecule has 28 heavy (non-hydrogen) atoms. The predicted octanol–water partition coefficient (Wildman–Crippen LogP) is 6.39. The summed E-state index contributed by atoms with van der Waals surface area (Å²) >= 11 is 1.72. The summed E-state index contributed by atoms with van der Waals surface area (Å²) in [6.07, 6.45) is 10.8. The Bertz CT molecular complexity index is 603. The average Bonchev–Trinajstić information content (AvgIpc) is 3.09. The summed E-state index contributed by atoms with van der Waals surface area (Å²) in [6.45, 7) is 9.38. The van der Waals surface area contributed by atoms with E-state index < -0.39 is 0 Å². The maximum atomic E-state index is 3.05. The zero-order valence-corrected chi connectivity index (χ0v) is 19.3. The van der Waals surface area contributed by atoms with Crippen molar-refractivity contribution in [2.24, 2.45) is 11.8 Å². The lowest BCUT2D eigenvalue weighted by Crippen LogP contribution is -2.32. The standard InChI is InChI=1S/C9H6S.C8H15N.C6H13N.C2H6/c1-2-6-9-8(4-1)5-3-7-10-9;1-9-5-7-2-3-8(4-7)6-9;1-7-5-3-2-4-6-7;1-2/h1-2,4-7H;7-8H,2-6H2,1H3;2-6H2,1H3;1-2H3. The largest absolute Gasteiger partial charge is 0.306 e. The van der Waals surface area contributed by atoms with Crippen molar-refractivity contribution in [3.8, 4) is 0 Å². The molecule has 2 nitrogen and oxygen atoms in total. The van der Waals surface area contributed by atoms with E-state index in [4.69, 9.17) is 0 Å². The maximum Gasteiger partial charge on any atom is 0.0201 e. The quantitative estimate of drug-likeness (QED) is 0.466. The monoisotopic (exact) mass is 400 g/mol. The number of hydrogen-bond acceptors (Lipinski definition) is 3. The number of likely N-dealkylation sites (tertiary alicyclic amines) is 2. The fourth-order valence-electron chi connectivity index (χ4n) is 4.45. The van der Waals surface area contributed by atoms with Crippen molar-refractivity contribution < 1.29 is 0 Å². The molecule has 3 heteroatoms. The first-order chi connectivity index (χ1) is 13.7. The minimum Gasteiger partial charge on any atom is -0.306 e. The lowest BCUT2D eigenvalue weighted by molar-refractivity contribution is 0.203. The first-order valence-electron chi connectivity index (χ1n) is 11.2. The van der Waals surface area contributed by atoms with Crippen molar-refractivity contribution in [3.05, 3.63) is 41.0 Å². The Balaban J connectivity index is 0.000000146. The van der Waals surface area contributed by atoms with Crippen LogP contribution in [0.15, 0.2) is 40.3 Å². The van der Waals surface area contributed by atoms with Crippen LogP contribution in [0.3, 0.4) is 0 Å². The second-order valence-electron chi connectivity index (χ2n) is 8.21. The molecule has 4 aliphatic rings. The van der Waals surface area contributed by atoms with Gasteiger partial charge in [-0.2, -0.15) is 0 Å². The first-order valence-corrected chi connectivity index (χ1v) is 12.1. The fraction of sp³-hybridized carbons (Fsp3) is 0.640. The molecule has 0 amide bonds. The third-order valence-corrected chi connectivity index (χ3v) is 6.66. The van der Waals surface area contributed by atoms with Crippen LogP contribution in [-0.4, -0.2) is 50.1 Å². The van der Waals surface area contributed by atoms with Gasteiger partial charge in [-0.3, -0.25) is 0 Å². The Morgan fingerprint density at radius 1 is 0.893 bits per heavy atom. The first kappa shape index (κ1) is 23.3. The number of fused-ring (bicyclic) bond motifs is 3. The highest BCUT2D eigenvalue weighted by atomic mass is 32.2. The molecule has 2 atom stereocenters. The number of nitrogens with zero attached hydrogens (tertiary/aromatic N) is 2. The fourth-order valence-corrected chi connectivity index (χ4v) is 5.13. The van der Waals surface area contributed by atoms with Crippen molar-refractivity contribution in [1.29, 1.82) is 0 Å². The molecule has 3 aliphatic heterocycles. The second-order valence-corrected chi connectivity index (χ2v) is 9.13. The molecular formula is C25H40N2S. The maximum absolute atomic E-state index is 3.05. The molecule has 2 unspecified atom stereocenters. The normalized spacial score (nSPS) is 25.3. The zero-order chi connectivity index (χ0) is 20.2. The van der Waals surface area contributed by atoms with Crippen LogP contribution in [0.25, 0.3) is 6.08 Å². The van der Waals surface area contributed by atoms with Crippen molar-refractivity contribution in [2.75, 3.05) is 40.3 Å². The van der Waals surface area contributed by atoms with Gasteiger partial charge >= 0.3 is 0 Å². The van der Waals surface area contributed by atoms with Gasteiger partial charge < -0.3 is 9.80 Å². The van der Waals surface area contributed by atoms with Gasteiger partial charge in [0.25, 0.3) is 0 Å².